The Morgan fingerprint density at radius 1 is 1.07 bits per heavy atom. The van der Waals surface area contributed by atoms with Gasteiger partial charge in [-0.1, -0.05) is 41.4 Å². The number of carboxylic acids is 1. The van der Waals surface area contributed by atoms with Crippen LogP contribution in [0.4, 0.5) is 0 Å². The predicted octanol–water partition coefficient (Wildman–Crippen LogP) is 4.97. The van der Waals surface area contributed by atoms with E-state index in [1.807, 2.05) is 24.3 Å². The molecule has 1 aromatic carbocycles. The Balaban J connectivity index is 1.84. The number of carboxylic acid groups (broad SMARTS) is 1. The number of carbonyl (C=O) groups is 2. The molecule has 5 nitrogen and oxygen atoms in total. The molecule has 0 saturated carbocycles. The third kappa shape index (κ3) is 4.74. The Morgan fingerprint density at radius 3 is 2.52 bits per heavy atom. The van der Waals surface area contributed by atoms with Crippen LogP contribution in [0.2, 0.25) is 10.2 Å². The van der Waals surface area contributed by atoms with Gasteiger partial charge in [-0.2, -0.15) is 0 Å². The Hall–Kier alpha value is -2.67. The second kappa shape index (κ2) is 8.35. The molecular formula is C19H12Cl2N2O3S. The first-order valence-corrected chi connectivity index (χ1v) is 9.24. The van der Waals surface area contributed by atoms with Crippen LogP contribution in [0.1, 0.15) is 15.2 Å². The molecule has 0 aliphatic carbocycles. The Kier molecular flexibility index (Phi) is 5.91. The van der Waals surface area contributed by atoms with E-state index in [1.165, 1.54) is 35.7 Å². The maximum atomic E-state index is 12.2. The zero-order valence-electron chi connectivity index (χ0n) is 13.6. The van der Waals surface area contributed by atoms with Crippen molar-refractivity contribution in [2.45, 2.75) is 0 Å². The summed E-state index contributed by atoms with van der Waals surface area (Å²) in [4.78, 5) is 29.1. The standard InChI is InChI=1S/C19H12Cl2N2O3S/c20-14-4-2-1-3-13(14)16-7-6-12(27-16)9-15(19(25)26)23-18(24)11-5-8-17(21)22-10-11/h1-10H,(H,23,24)(H,25,26)/b15-9-. The third-order valence-corrected chi connectivity index (χ3v) is 5.14. The van der Waals surface area contributed by atoms with Crippen LogP contribution in [0, 0.1) is 0 Å². The zero-order chi connectivity index (χ0) is 19.4. The highest BCUT2D eigenvalue weighted by Crippen LogP contribution is 2.33. The monoisotopic (exact) mass is 418 g/mol. The van der Waals surface area contributed by atoms with Crippen LogP contribution in [-0.4, -0.2) is 22.0 Å². The number of thiophene rings is 1. The maximum absolute atomic E-state index is 12.2. The average Bonchev–Trinajstić information content (AvgIpc) is 3.10. The van der Waals surface area contributed by atoms with Gasteiger partial charge in [0.05, 0.1) is 5.56 Å². The molecule has 0 bridgehead atoms. The fourth-order valence-electron chi connectivity index (χ4n) is 2.23. The Labute approximate surface area is 168 Å². The lowest BCUT2D eigenvalue weighted by molar-refractivity contribution is -0.132. The van der Waals surface area contributed by atoms with Crippen molar-refractivity contribution in [2.75, 3.05) is 0 Å². The van der Waals surface area contributed by atoms with Gasteiger partial charge in [0.25, 0.3) is 5.91 Å². The van der Waals surface area contributed by atoms with E-state index in [1.54, 1.807) is 12.1 Å². The van der Waals surface area contributed by atoms with Gasteiger partial charge in [0.2, 0.25) is 0 Å². The van der Waals surface area contributed by atoms with Crippen LogP contribution in [-0.2, 0) is 4.79 Å². The molecule has 0 saturated heterocycles. The van der Waals surface area contributed by atoms with Gasteiger partial charge in [0.15, 0.2) is 0 Å². The minimum Gasteiger partial charge on any atom is -0.477 e. The molecule has 0 aliphatic heterocycles. The molecule has 2 heterocycles. The van der Waals surface area contributed by atoms with Crippen molar-refractivity contribution in [1.29, 1.82) is 0 Å². The molecule has 8 heteroatoms. The fraction of sp³-hybridized carbons (Fsp3) is 0. The molecular weight excluding hydrogens is 407 g/mol. The van der Waals surface area contributed by atoms with Gasteiger partial charge in [-0.15, -0.1) is 11.3 Å². The third-order valence-electron chi connectivity index (χ3n) is 3.52. The van der Waals surface area contributed by atoms with Gasteiger partial charge in [-0.05, 0) is 36.4 Å². The van der Waals surface area contributed by atoms with Gasteiger partial charge in [0, 0.05) is 26.5 Å². The lowest BCUT2D eigenvalue weighted by Crippen LogP contribution is -2.27. The van der Waals surface area contributed by atoms with Crippen molar-refractivity contribution in [3.05, 3.63) is 81.0 Å². The zero-order valence-corrected chi connectivity index (χ0v) is 16.0. The number of aliphatic carboxylic acids is 1. The summed E-state index contributed by atoms with van der Waals surface area (Å²) in [5.74, 6) is -1.84. The van der Waals surface area contributed by atoms with E-state index in [-0.39, 0.29) is 16.4 Å². The molecule has 0 aliphatic rings. The van der Waals surface area contributed by atoms with Crippen LogP contribution >= 0.6 is 34.5 Å². The molecule has 3 aromatic rings. The number of halogens is 2. The van der Waals surface area contributed by atoms with Crippen LogP contribution in [0.15, 0.2) is 60.4 Å². The molecule has 27 heavy (non-hydrogen) atoms. The minimum absolute atomic E-state index is 0.203. The normalized spacial score (nSPS) is 11.3. The number of pyridine rings is 1. The summed E-state index contributed by atoms with van der Waals surface area (Å²) in [6, 6.07) is 13.9. The van der Waals surface area contributed by atoms with E-state index in [2.05, 4.69) is 10.3 Å². The predicted molar refractivity (Wildman–Crippen MR) is 107 cm³/mol. The molecule has 0 atom stereocenters. The molecule has 2 aromatic heterocycles. The first kappa shape index (κ1) is 19.1. The second-order valence-corrected chi connectivity index (χ2v) is 7.28. The molecule has 0 unspecified atom stereocenters. The van der Waals surface area contributed by atoms with Crippen molar-refractivity contribution in [2.24, 2.45) is 0 Å². The van der Waals surface area contributed by atoms with Crippen molar-refractivity contribution < 1.29 is 14.7 Å². The van der Waals surface area contributed by atoms with E-state index in [0.717, 1.165) is 10.4 Å². The summed E-state index contributed by atoms with van der Waals surface area (Å²) in [7, 11) is 0. The Morgan fingerprint density at radius 2 is 1.85 bits per heavy atom. The molecule has 0 radical (unpaired) electrons. The summed E-state index contributed by atoms with van der Waals surface area (Å²) in [5, 5.41) is 12.6. The van der Waals surface area contributed by atoms with Crippen LogP contribution in [0.25, 0.3) is 16.5 Å². The van der Waals surface area contributed by atoms with Gasteiger partial charge in [0.1, 0.15) is 10.9 Å². The van der Waals surface area contributed by atoms with Crippen molar-refractivity contribution in [3.63, 3.8) is 0 Å². The summed E-state index contributed by atoms with van der Waals surface area (Å²) < 4.78 is 0. The number of nitrogens with zero attached hydrogens (tertiary/aromatic N) is 1. The lowest BCUT2D eigenvalue weighted by Gasteiger charge is -2.05. The summed E-state index contributed by atoms with van der Waals surface area (Å²) in [6.45, 7) is 0. The number of amides is 1. The smallest absolute Gasteiger partial charge is 0.352 e. The highest BCUT2D eigenvalue weighted by molar-refractivity contribution is 7.16. The topological polar surface area (TPSA) is 79.3 Å². The maximum Gasteiger partial charge on any atom is 0.352 e. The van der Waals surface area contributed by atoms with E-state index in [0.29, 0.717) is 9.90 Å². The van der Waals surface area contributed by atoms with Gasteiger partial charge < -0.3 is 10.4 Å². The van der Waals surface area contributed by atoms with E-state index >= 15 is 0 Å². The number of rotatable bonds is 5. The minimum atomic E-state index is -1.25. The van der Waals surface area contributed by atoms with Gasteiger partial charge in [-0.25, -0.2) is 9.78 Å². The SMILES string of the molecule is O=C(O)/C(=C/c1ccc(-c2ccccc2Cl)s1)NC(=O)c1ccc(Cl)nc1. The number of benzene rings is 1. The van der Waals surface area contributed by atoms with Crippen LogP contribution < -0.4 is 5.32 Å². The first-order chi connectivity index (χ1) is 12.9. The van der Waals surface area contributed by atoms with E-state index in [4.69, 9.17) is 23.2 Å². The first-order valence-electron chi connectivity index (χ1n) is 7.66. The number of aromatic nitrogens is 1. The van der Waals surface area contributed by atoms with Crippen LogP contribution in [0.3, 0.4) is 0 Å². The molecule has 136 valence electrons. The fourth-order valence-corrected chi connectivity index (χ4v) is 3.63. The Bertz CT molecular complexity index is 1030. The van der Waals surface area contributed by atoms with Crippen molar-refractivity contribution in [3.8, 4) is 10.4 Å². The largest absolute Gasteiger partial charge is 0.477 e. The van der Waals surface area contributed by atoms with Crippen molar-refractivity contribution in [1.82, 2.24) is 10.3 Å². The van der Waals surface area contributed by atoms with Gasteiger partial charge >= 0.3 is 5.97 Å². The number of hydrogen-bond acceptors (Lipinski definition) is 4. The lowest BCUT2D eigenvalue weighted by atomic mass is 10.2. The van der Waals surface area contributed by atoms with Crippen LogP contribution in [0.5, 0.6) is 0 Å². The van der Waals surface area contributed by atoms with E-state index in [9.17, 15) is 14.7 Å². The quantitative estimate of drug-likeness (QED) is 0.452. The summed E-state index contributed by atoms with van der Waals surface area (Å²) >= 11 is 13.2. The number of nitrogens with one attached hydrogen (secondary N) is 1. The summed E-state index contributed by atoms with van der Waals surface area (Å²) in [5.41, 5.74) is 0.814. The highest BCUT2D eigenvalue weighted by atomic mass is 35.5. The second-order valence-electron chi connectivity index (χ2n) is 5.37. The molecule has 2 N–H and O–H groups in total. The molecule has 0 fully saturated rings. The van der Waals surface area contributed by atoms with Gasteiger partial charge in [-0.3, -0.25) is 4.79 Å². The highest BCUT2D eigenvalue weighted by Gasteiger charge is 2.15. The molecule has 1 amide bonds. The number of hydrogen-bond donors (Lipinski definition) is 2. The average molecular weight is 419 g/mol. The molecule has 3 rings (SSSR count). The number of carbonyl (C=O) groups excluding carboxylic acids is 1. The van der Waals surface area contributed by atoms with Crippen molar-refractivity contribution >= 4 is 52.5 Å². The molecule has 0 spiro atoms. The summed E-state index contributed by atoms with van der Waals surface area (Å²) in [6.07, 6.45) is 2.67. The van der Waals surface area contributed by atoms with E-state index < -0.39 is 11.9 Å².